The van der Waals surface area contributed by atoms with Crippen molar-refractivity contribution in [1.29, 1.82) is 0 Å². The number of amides is 3. The number of rotatable bonds is 9. The minimum Gasteiger partial charge on any atom is -0.404 e. The first kappa shape index (κ1) is 23.4. The van der Waals surface area contributed by atoms with E-state index in [1.54, 1.807) is 0 Å². The summed E-state index contributed by atoms with van der Waals surface area (Å²) in [6.45, 7) is 11.5. The Kier molecular flexibility index (Phi) is 6.75. The van der Waals surface area contributed by atoms with Crippen LogP contribution in [0.25, 0.3) is 0 Å². The number of carbonyl (C=O) groups excluding carboxylic acids is 2. The van der Waals surface area contributed by atoms with Crippen molar-refractivity contribution < 1.29 is 18.9 Å². The molecule has 1 unspecified atom stereocenters. The zero-order valence-corrected chi connectivity index (χ0v) is 19.1. The molecule has 0 spiro atoms. The molecule has 3 amide bonds. The van der Waals surface area contributed by atoms with Crippen LogP contribution >= 0.6 is 0 Å². The third-order valence-electron chi connectivity index (χ3n) is 7.68. The summed E-state index contributed by atoms with van der Waals surface area (Å²) in [6.07, 6.45) is 4.10. The van der Waals surface area contributed by atoms with Gasteiger partial charge in [-0.2, -0.15) is 0 Å². The average molecular weight is 422 g/mol. The molecule has 3 saturated carbocycles. The van der Waals surface area contributed by atoms with Gasteiger partial charge in [0.1, 0.15) is 0 Å². The van der Waals surface area contributed by atoms with Gasteiger partial charge in [0.2, 0.25) is 5.91 Å². The lowest BCUT2D eigenvalue weighted by molar-refractivity contribution is -0.199. The smallest absolute Gasteiger partial charge is 0.404 e. The molecule has 3 aliphatic carbocycles. The summed E-state index contributed by atoms with van der Waals surface area (Å²) in [4.78, 5) is 23.5. The van der Waals surface area contributed by atoms with Crippen LogP contribution in [-0.2, 0) is 14.1 Å². The van der Waals surface area contributed by atoms with Gasteiger partial charge in [0.15, 0.2) is 0 Å². The second-order valence-electron chi connectivity index (χ2n) is 10.6. The van der Waals surface area contributed by atoms with Gasteiger partial charge in [-0.15, -0.1) is 0 Å². The topological polar surface area (TPSA) is 129 Å². The summed E-state index contributed by atoms with van der Waals surface area (Å²) in [6, 6.07) is -1.23. The van der Waals surface area contributed by atoms with Crippen molar-refractivity contribution in [2.45, 2.75) is 90.4 Å². The number of primary amides is 1. The van der Waals surface area contributed by atoms with E-state index < -0.39 is 19.2 Å². The van der Waals surface area contributed by atoms with Gasteiger partial charge in [-0.25, -0.2) is 4.79 Å². The molecule has 4 rings (SSSR count). The van der Waals surface area contributed by atoms with Gasteiger partial charge in [0.05, 0.1) is 23.7 Å². The molecule has 0 aromatic heterocycles. The van der Waals surface area contributed by atoms with Crippen molar-refractivity contribution >= 4 is 19.1 Å². The number of nitrogens with two attached hydrogens (primary N) is 2. The molecule has 0 aromatic carbocycles. The Bertz CT molecular complexity index is 661. The highest BCUT2D eigenvalue weighted by atomic mass is 16.7. The second kappa shape index (κ2) is 8.67. The molecule has 2 bridgehead atoms. The molecule has 1 heterocycles. The first-order chi connectivity index (χ1) is 13.9. The predicted octanol–water partition coefficient (Wildman–Crippen LogP) is 1.56. The maximum absolute atomic E-state index is 12.7. The minimum absolute atomic E-state index is 0.0828. The Morgan fingerprint density at radius 2 is 1.93 bits per heavy atom. The number of urea groups is 1. The van der Waals surface area contributed by atoms with Gasteiger partial charge in [0.25, 0.3) is 0 Å². The van der Waals surface area contributed by atoms with E-state index in [0.29, 0.717) is 37.1 Å². The number of nitrogens with one attached hydrogen (secondary N) is 2. The highest BCUT2D eigenvalue weighted by Gasteiger charge is 2.68. The van der Waals surface area contributed by atoms with Crippen LogP contribution in [0.3, 0.4) is 0 Å². The lowest BCUT2D eigenvalue weighted by Crippen LogP contribution is -2.65. The van der Waals surface area contributed by atoms with Crippen LogP contribution in [0.1, 0.15) is 66.7 Å². The Morgan fingerprint density at radius 1 is 1.23 bits per heavy atom. The molecule has 1 aliphatic heterocycles. The molecule has 30 heavy (non-hydrogen) atoms. The van der Waals surface area contributed by atoms with Crippen molar-refractivity contribution in [1.82, 2.24) is 10.6 Å². The van der Waals surface area contributed by atoms with Crippen molar-refractivity contribution in [3.05, 3.63) is 0 Å². The molecule has 0 aromatic rings. The van der Waals surface area contributed by atoms with Crippen molar-refractivity contribution in [2.24, 2.45) is 34.6 Å². The predicted molar refractivity (Wildman–Crippen MR) is 116 cm³/mol. The molecular weight excluding hydrogens is 383 g/mol. The Labute approximate surface area is 180 Å². The monoisotopic (exact) mass is 422 g/mol. The van der Waals surface area contributed by atoms with E-state index in [1.165, 1.54) is 6.42 Å². The quantitative estimate of drug-likeness (QED) is 0.331. The maximum Gasteiger partial charge on any atom is 0.481 e. The maximum atomic E-state index is 12.7. The summed E-state index contributed by atoms with van der Waals surface area (Å²) >= 11 is 0. The third kappa shape index (κ3) is 4.48. The van der Waals surface area contributed by atoms with E-state index in [1.807, 2.05) is 0 Å². The van der Waals surface area contributed by atoms with Gasteiger partial charge in [0, 0.05) is 6.54 Å². The van der Waals surface area contributed by atoms with Gasteiger partial charge >= 0.3 is 13.1 Å². The van der Waals surface area contributed by atoms with E-state index in [2.05, 4.69) is 45.3 Å². The lowest BCUT2D eigenvalue weighted by Gasteiger charge is -2.64. The molecule has 6 N–H and O–H groups in total. The molecule has 6 atom stereocenters. The van der Waals surface area contributed by atoms with E-state index >= 15 is 0 Å². The molecule has 0 radical (unpaired) electrons. The number of carbonyl (C=O) groups is 2. The molecule has 4 aliphatic rings. The highest BCUT2D eigenvalue weighted by molar-refractivity contribution is 6.47. The summed E-state index contributed by atoms with van der Waals surface area (Å²) in [7, 11) is -0.453. The summed E-state index contributed by atoms with van der Waals surface area (Å²) in [5.41, 5.74) is 11.1. The van der Waals surface area contributed by atoms with Crippen LogP contribution in [0, 0.1) is 23.2 Å². The molecule has 1 saturated heterocycles. The lowest BCUT2D eigenvalue weighted by atomic mass is 9.43. The second-order valence-corrected chi connectivity index (χ2v) is 10.6. The SMILES string of the molecule is CC(C)C[C@H](NC(=O)C(N)CCCNC(N)=O)B1O[C@@H]2C[C@@H]3C[C@@H](C3(C)C)[C@]2(C)O1. The zero-order valence-electron chi connectivity index (χ0n) is 19.1. The van der Waals surface area contributed by atoms with E-state index in [0.717, 1.165) is 12.8 Å². The van der Waals surface area contributed by atoms with Gasteiger partial charge in [-0.1, -0.05) is 27.7 Å². The Balaban J connectivity index is 1.60. The molecule has 4 fully saturated rings. The fourth-order valence-corrected chi connectivity index (χ4v) is 5.77. The summed E-state index contributed by atoms with van der Waals surface area (Å²) < 4.78 is 13.0. The van der Waals surface area contributed by atoms with Gasteiger partial charge in [-0.3, -0.25) is 4.79 Å². The number of hydrogen-bond donors (Lipinski definition) is 4. The Hall–Kier alpha value is -1.32. The van der Waals surface area contributed by atoms with Crippen LogP contribution in [-0.4, -0.2) is 49.3 Å². The molecule has 9 heteroatoms. The van der Waals surface area contributed by atoms with Crippen LogP contribution in [0.5, 0.6) is 0 Å². The first-order valence-electron chi connectivity index (χ1n) is 11.4. The van der Waals surface area contributed by atoms with Gasteiger partial charge in [-0.05, 0) is 62.2 Å². The standard InChI is InChI=1S/C21H39BN4O4/c1-12(2)9-17(26-18(27)14(23)7-6-8-25-19(24)28)22-29-16-11-13-10-15(20(13,3)4)21(16,5)30-22/h12-17H,6-11,23H2,1-5H3,(H,26,27)(H3,24,25,28)/t13-,14?,15-,16+,17-,21-/m0/s1. The van der Waals surface area contributed by atoms with Crippen LogP contribution in [0.4, 0.5) is 4.79 Å². The van der Waals surface area contributed by atoms with E-state index in [9.17, 15) is 9.59 Å². The van der Waals surface area contributed by atoms with Crippen molar-refractivity contribution in [2.75, 3.05) is 6.54 Å². The normalized spacial score (nSPS) is 33.4. The van der Waals surface area contributed by atoms with Crippen LogP contribution in [0.2, 0.25) is 0 Å². The van der Waals surface area contributed by atoms with Gasteiger partial charge < -0.3 is 31.4 Å². The molecular formula is C21H39BN4O4. The van der Waals surface area contributed by atoms with Crippen LogP contribution in [0.15, 0.2) is 0 Å². The summed E-state index contributed by atoms with van der Waals surface area (Å²) in [5.74, 6) is 1.09. The molecule has 8 nitrogen and oxygen atoms in total. The molecule has 170 valence electrons. The fraction of sp³-hybridized carbons (Fsp3) is 0.905. The van der Waals surface area contributed by atoms with E-state index in [-0.39, 0.29) is 29.0 Å². The highest BCUT2D eigenvalue weighted by Crippen LogP contribution is 2.65. The third-order valence-corrected chi connectivity index (χ3v) is 7.68. The fourth-order valence-electron chi connectivity index (χ4n) is 5.77. The zero-order chi connectivity index (χ0) is 22.3. The average Bonchev–Trinajstić information content (AvgIpc) is 3.00. The summed E-state index contributed by atoms with van der Waals surface area (Å²) in [5, 5.41) is 5.60. The first-order valence-corrected chi connectivity index (χ1v) is 11.4. The van der Waals surface area contributed by atoms with Crippen LogP contribution < -0.4 is 22.1 Å². The largest absolute Gasteiger partial charge is 0.481 e. The minimum atomic E-state index is -0.652. The van der Waals surface area contributed by atoms with Crippen molar-refractivity contribution in [3.63, 3.8) is 0 Å². The number of hydrogen-bond acceptors (Lipinski definition) is 5. The van der Waals surface area contributed by atoms with Crippen molar-refractivity contribution in [3.8, 4) is 0 Å². The van der Waals surface area contributed by atoms with E-state index in [4.69, 9.17) is 20.8 Å². The Morgan fingerprint density at radius 3 is 2.53 bits per heavy atom.